The molecule has 0 unspecified atom stereocenters. The van der Waals surface area contributed by atoms with Crippen LogP contribution in [0.25, 0.3) is 0 Å². The fraction of sp³-hybridized carbons (Fsp3) is 0.500. The Morgan fingerprint density at radius 1 is 1.00 bits per heavy atom. The maximum atomic E-state index is 8.89. The van der Waals surface area contributed by atoms with Gasteiger partial charge in [0.05, 0.1) is 0 Å². The Hall–Kier alpha value is -0.115. The van der Waals surface area contributed by atoms with Crippen LogP contribution >= 0.6 is 0 Å². The van der Waals surface area contributed by atoms with Crippen molar-refractivity contribution in [3.8, 4) is 0 Å². The molecule has 0 aliphatic heterocycles. The van der Waals surface area contributed by atoms with E-state index in [1.54, 1.807) is 0 Å². The molecule has 0 aliphatic rings. The van der Waals surface area contributed by atoms with E-state index in [0.717, 1.165) is 13.8 Å². The van der Waals surface area contributed by atoms with Crippen molar-refractivity contribution in [1.82, 2.24) is 0 Å². The number of carboxylic acids is 2. The van der Waals surface area contributed by atoms with Crippen molar-refractivity contribution < 1.29 is 68.1 Å². The third-order valence-electron chi connectivity index (χ3n) is 0. The molecule has 0 amide bonds. The van der Waals surface area contributed by atoms with Crippen LogP contribution in [-0.2, 0) is 42.9 Å². The smallest absolute Gasteiger partial charge is 0.550 e. The molecule has 0 aliphatic carbocycles. The fourth-order valence-corrected chi connectivity index (χ4v) is 0. The molecule has 0 heterocycles. The van der Waals surface area contributed by atoms with Crippen LogP contribution in [0.1, 0.15) is 13.8 Å². The van der Waals surface area contributed by atoms with Crippen LogP contribution in [0.15, 0.2) is 0 Å². The van der Waals surface area contributed by atoms with Crippen LogP contribution < -0.4 is 10.2 Å². The predicted molar refractivity (Wildman–Crippen MR) is 33.8 cm³/mol. The Morgan fingerprint density at radius 2 is 1.00 bits per heavy atom. The zero-order valence-corrected chi connectivity index (χ0v) is 9.23. The molecule has 0 atom stereocenters. The zero-order chi connectivity index (χ0) is 10.7. The van der Waals surface area contributed by atoms with E-state index in [4.69, 9.17) is 34.9 Å². The van der Waals surface area contributed by atoms with Crippen LogP contribution in [-0.4, -0.2) is 34.3 Å². The van der Waals surface area contributed by atoms with Gasteiger partial charge in [-0.3, -0.25) is 0 Å². The number of aliphatic carboxylic acids is 2. The largest absolute Gasteiger partial charge is 2.00 e. The minimum atomic E-state index is -2.17. The SMILES string of the molecule is CC(=O)[O-].CC(=O)[O-].OB(O)O.[Co+2].[Ni+2]. The molecule has 0 fully saturated rings. The molecule has 0 saturated carbocycles. The van der Waals surface area contributed by atoms with E-state index in [1.165, 1.54) is 0 Å². The van der Waals surface area contributed by atoms with E-state index in [-0.39, 0.29) is 33.3 Å². The van der Waals surface area contributed by atoms with Crippen molar-refractivity contribution in [3.05, 3.63) is 0 Å². The minimum absolute atomic E-state index is 0. The molecule has 0 rings (SSSR count). The molecule has 14 heavy (non-hydrogen) atoms. The summed E-state index contributed by atoms with van der Waals surface area (Å²) >= 11 is 0. The minimum Gasteiger partial charge on any atom is -0.550 e. The Balaban J connectivity index is -0.0000000270. The molecule has 0 aromatic carbocycles. The van der Waals surface area contributed by atoms with Crippen LogP contribution in [0.5, 0.6) is 0 Å². The van der Waals surface area contributed by atoms with Gasteiger partial charge in [-0.25, -0.2) is 0 Å². The van der Waals surface area contributed by atoms with E-state index in [9.17, 15) is 0 Å². The maximum Gasteiger partial charge on any atom is 2.00 e. The maximum absolute atomic E-state index is 8.89. The van der Waals surface area contributed by atoms with Crippen molar-refractivity contribution in [2.45, 2.75) is 13.8 Å². The normalized spacial score (nSPS) is 5.50. The number of carbonyl (C=O) groups is 2. The first-order chi connectivity index (χ1) is 5.20. The van der Waals surface area contributed by atoms with Gasteiger partial charge in [0.2, 0.25) is 0 Å². The van der Waals surface area contributed by atoms with Gasteiger partial charge in [0.25, 0.3) is 0 Å². The van der Waals surface area contributed by atoms with E-state index in [1.807, 2.05) is 0 Å². The molecule has 0 aromatic heterocycles. The van der Waals surface area contributed by atoms with Gasteiger partial charge in [-0.15, -0.1) is 0 Å². The summed E-state index contributed by atoms with van der Waals surface area (Å²) in [6.45, 7) is 1.94. The summed E-state index contributed by atoms with van der Waals surface area (Å²) in [5, 5.41) is 39.3. The molecule has 87 valence electrons. The molecule has 10 heteroatoms. The van der Waals surface area contributed by atoms with Crippen molar-refractivity contribution in [1.29, 1.82) is 0 Å². The van der Waals surface area contributed by atoms with Gasteiger partial charge in [0, 0.05) is 11.9 Å². The molecule has 0 aromatic rings. The second kappa shape index (κ2) is 23.1. The molecule has 7 nitrogen and oxygen atoms in total. The third-order valence-corrected chi connectivity index (χ3v) is 0. The number of hydrogen-bond donors (Lipinski definition) is 3. The zero-order valence-electron chi connectivity index (χ0n) is 7.20. The Kier molecular flexibility index (Phi) is 48.1. The van der Waals surface area contributed by atoms with Crippen LogP contribution in [0.3, 0.4) is 0 Å². The molecule has 0 bridgehead atoms. The number of carbonyl (C=O) groups excluding carboxylic acids is 2. The fourth-order valence-electron chi connectivity index (χ4n) is 0. The van der Waals surface area contributed by atoms with Gasteiger partial charge in [-0.2, -0.15) is 0 Å². The topological polar surface area (TPSA) is 141 Å². The summed E-state index contributed by atoms with van der Waals surface area (Å²) < 4.78 is 0. The first-order valence-corrected chi connectivity index (χ1v) is 2.59. The van der Waals surface area contributed by atoms with Crippen LogP contribution in [0.4, 0.5) is 0 Å². The van der Waals surface area contributed by atoms with Crippen molar-refractivity contribution in [2.75, 3.05) is 0 Å². The Labute approximate surface area is 101 Å². The molecule has 3 N–H and O–H groups in total. The first kappa shape index (κ1) is 29.2. The second-order valence-electron chi connectivity index (χ2n) is 1.33. The number of rotatable bonds is 0. The Morgan fingerprint density at radius 3 is 1.00 bits per heavy atom. The van der Waals surface area contributed by atoms with Gasteiger partial charge in [0.15, 0.2) is 0 Å². The monoisotopic (exact) mass is 297 g/mol. The third kappa shape index (κ3) is 106000. The van der Waals surface area contributed by atoms with E-state index in [2.05, 4.69) is 0 Å². The summed E-state index contributed by atoms with van der Waals surface area (Å²) in [5.41, 5.74) is 0. The molecular formula is C4H9BCoNiO7+2. The summed E-state index contributed by atoms with van der Waals surface area (Å²) in [6.07, 6.45) is 0. The Bertz CT molecular complexity index is 110. The van der Waals surface area contributed by atoms with Crippen LogP contribution in [0.2, 0.25) is 0 Å². The second-order valence-corrected chi connectivity index (χ2v) is 1.33. The number of carboxylic acid groups (broad SMARTS) is 2. The average Bonchev–Trinajstić information content (AvgIpc) is 1.54. The standard InChI is InChI=1S/2C2H4O2.BH3O3.Co.Ni/c2*1-2(3)4;2-1(3)4;;/h2*1H3,(H,3,4);2-4H;;/q;;;2*+2/p-2. The molecule has 1 radical (unpaired) electrons. The van der Waals surface area contributed by atoms with E-state index < -0.39 is 19.3 Å². The van der Waals surface area contributed by atoms with Crippen LogP contribution in [0, 0.1) is 0 Å². The average molecular weight is 298 g/mol. The van der Waals surface area contributed by atoms with Gasteiger partial charge >= 0.3 is 40.6 Å². The van der Waals surface area contributed by atoms with Gasteiger partial charge in [-0.05, 0) is 13.8 Å². The van der Waals surface area contributed by atoms with Gasteiger partial charge in [-0.1, -0.05) is 0 Å². The predicted octanol–water partition coefficient (Wildman–Crippen LogP) is -4.54. The number of hydrogen-bond acceptors (Lipinski definition) is 7. The van der Waals surface area contributed by atoms with Gasteiger partial charge in [0.1, 0.15) is 0 Å². The van der Waals surface area contributed by atoms with Crippen molar-refractivity contribution >= 4 is 19.3 Å². The van der Waals surface area contributed by atoms with Gasteiger partial charge < -0.3 is 34.9 Å². The summed E-state index contributed by atoms with van der Waals surface area (Å²) in [5.74, 6) is -2.17. The summed E-state index contributed by atoms with van der Waals surface area (Å²) in [7, 11) is -2.17. The van der Waals surface area contributed by atoms with Crippen molar-refractivity contribution in [2.24, 2.45) is 0 Å². The first-order valence-electron chi connectivity index (χ1n) is 2.59. The molecular weight excluding hydrogens is 288 g/mol. The molecule has 0 spiro atoms. The summed E-state index contributed by atoms with van der Waals surface area (Å²) in [6, 6.07) is 0. The van der Waals surface area contributed by atoms with E-state index >= 15 is 0 Å². The van der Waals surface area contributed by atoms with E-state index in [0.29, 0.717) is 0 Å². The molecule has 0 saturated heterocycles. The summed E-state index contributed by atoms with van der Waals surface area (Å²) in [4.78, 5) is 17.8. The quantitative estimate of drug-likeness (QED) is 0.382. The van der Waals surface area contributed by atoms with Crippen molar-refractivity contribution in [3.63, 3.8) is 0 Å².